The lowest BCUT2D eigenvalue weighted by atomic mass is 9.94. The maximum Gasteiger partial charge on any atom is 0.159 e. The third-order valence-corrected chi connectivity index (χ3v) is 5.78. The Balaban J connectivity index is 2.12. The Hall–Kier alpha value is -3.20. The Morgan fingerprint density at radius 2 is 1.90 bits per heavy atom. The van der Waals surface area contributed by atoms with Crippen LogP contribution in [0.15, 0.2) is 89.6 Å². The standard InChI is InChI=1S/C28H33N3/c1-7-14-22(5)26(20(3)8-2)27-24-17-12-13-18-25(24)28(30-29-27)31(6)19-23-16-11-9-10-15-21(23)4/h8-9,11-18H,2,7,10,19H2,1,3-6H3/b22-14-,26-20+. The molecule has 0 fully saturated rings. The molecule has 160 valence electrons. The number of fused-ring (bicyclic) bond motifs is 1. The third-order valence-electron chi connectivity index (χ3n) is 5.78. The van der Waals surface area contributed by atoms with E-state index in [9.17, 15) is 0 Å². The molecule has 0 atom stereocenters. The van der Waals surface area contributed by atoms with Gasteiger partial charge in [-0.1, -0.05) is 74.2 Å². The Morgan fingerprint density at radius 3 is 2.61 bits per heavy atom. The molecule has 1 aromatic heterocycles. The van der Waals surface area contributed by atoms with Gasteiger partial charge in [0.05, 0.1) is 0 Å². The summed E-state index contributed by atoms with van der Waals surface area (Å²) >= 11 is 0. The lowest BCUT2D eigenvalue weighted by Crippen LogP contribution is -2.22. The smallest absolute Gasteiger partial charge is 0.159 e. The molecule has 3 nitrogen and oxygen atoms in total. The van der Waals surface area contributed by atoms with Crippen molar-refractivity contribution in [2.24, 2.45) is 0 Å². The number of hydrogen-bond acceptors (Lipinski definition) is 3. The Kier molecular flexibility index (Phi) is 7.41. The van der Waals surface area contributed by atoms with Crippen molar-refractivity contribution >= 4 is 22.2 Å². The van der Waals surface area contributed by atoms with E-state index < -0.39 is 0 Å². The second-order valence-electron chi connectivity index (χ2n) is 8.07. The van der Waals surface area contributed by atoms with Gasteiger partial charge in [0.1, 0.15) is 5.69 Å². The number of aromatic nitrogens is 2. The normalized spacial score (nSPS) is 15.2. The van der Waals surface area contributed by atoms with Gasteiger partial charge in [-0.15, -0.1) is 10.2 Å². The fourth-order valence-electron chi connectivity index (χ4n) is 4.03. The van der Waals surface area contributed by atoms with Gasteiger partial charge in [-0.3, -0.25) is 0 Å². The highest BCUT2D eigenvalue weighted by atomic mass is 15.2. The molecule has 1 aliphatic carbocycles. The number of benzene rings is 1. The molecule has 0 radical (unpaired) electrons. The number of allylic oxidation sites excluding steroid dienone is 9. The quantitative estimate of drug-likeness (QED) is 0.451. The Morgan fingerprint density at radius 1 is 1.16 bits per heavy atom. The molecule has 0 saturated heterocycles. The van der Waals surface area contributed by atoms with Crippen LogP contribution in [0.1, 0.15) is 46.2 Å². The molecule has 3 rings (SSSR count). The van der Waals surface area contributed by atoms with Gasteiger partial charge in [-0.2, -0.15) is 0 Å². The van der Waals surface area contributed by atoms with Crippen LogP contribution in [0.2, 0.25) is 0 Å². The Labute approximate surface area is 186 Å². The predicted octanol–water partition coefficient (Wildman–Crippen LogP) is 7.21. The van der Waals surface area contributed by atoms with E-state index in [0.29, 0.717) is 0 Å². The average Bonchev–Trinajstić information content (AvgIpc) is 2.98. The first-order valence-electron chi connectivity index (χ1n) is 11.0. The van der Waals surface area contributed by atoms with Gasteiger partial charge in [0.25, 0.3) is 0 Å². The molecule has 31 heavy (non-hydrogen) atoms. The topological polar surface area (TPSA) is 29.0 Å². The SMILES string of the molecule is C=C/C(C)=C(\C(C)=C/CC)c1nnc(N(C)CC2=CC=CCC=C2C)c2ccccc12. The number of hydrogen-bond donors (Lipinski definition) is 0. The third kappa shape index (κ3) is 4.93. The molecule has 0 bridgehead atoms. The van der Waals surface area contributed by atoms with Gasteiger partial charge < -0.3 is 4.90 Å². The van der Waals surface area contributed by atoms with E-state index in [1.165, 1.54) is 16.7 Å². The van der Waals surface area contributed by atoms with Crippen molar-refractivity contribution in [3.8, 4) is 0 Å². The van der Waals surface area contributed by atoms with Crippen molar-refractivity contribution in [1.82, 2.24) is 10.2 Å². The van der Waals surface area contributed by atoms with Gasteiger partial charge in [0.15, 0.2) is 5.82 Å². The molecule has 0 N–H and O–H groups in total. The second-order valence-corrected chi connectivity index (χ2v) is 8.07. The maximum absolute atomic E-state index is 4.75. The minimum Gasteiger partial charge on any atom is -0.353 e. The summed E-state index contributed by atoms with van der Waals surface area (Å²) in [4.78, 5) is 2.19. The van der Waals surface area contributed by atoms with Gasteiger partial charge in [0.2, 0.25) is 0 Å². The molecule has 3 heteroatoms. The zero-order valence-corrected chi connectivity index (χ0v) is 19.4. The van der Waals surface area contributed by atoms with E-state index in [2.05, 4.69) is 101 Å². The summed E-state index contributed by atoms with van der Waals surface area (Å²) in [5.74, 6) is 0.897. The number of likely N-dealkylation sites (N-methyl/N-ethyl adjacent to an activating group) is 1. The summed E-state index contributed by atoms with van der Waals surface area (Å²) in [6.07, 6.45) is 14.9. The summed E-state index contributed by atoms with van der Waals surface area (Å²) in [6.45, 7) is 13.3. The molecule has 1 heterocycles. The highest BCUT2D eigenvalue weighted by molar-refractivity contribution is 6.01. The summed E-state index contributed by atoms with van der Waals surface area (Å²) < 4.78 is 0. The van der Waals surface area contributed by atoms with Gasteiger partial charge in [-0.05, 0) is 55.9 Å². The van der Waals surface area contributed by atoms with Gasteiger partial charge in [-0.25, -0.2) is 0 Å². The average molecular weight is 412 g/mol. The fourth-order valence-corrected chi connectivity index (χ4v) is 4.03. The van der Waals surface area contributed by atoms with E-state index in [4.69, 9.17) is 10.2 Å². The van der Waals surface area contributed by atoms with Crippen LogP contribution in [0.5, 0.6) is 0 Å². The minimum absolute atomic E-state index is 0.786. The van der Waals surface area contributed by atoms with Crippen molar-refractivity contribution in [3.63, 3.8) is 0 Å². The Bertz CT molecular complexity index is 1130. The van der Waals surface area contributed by atoms with Crippen molar-refractivity contribution in [1.29, 1.82) is 0 Å². The van der Waals surface area contributed by atoms with Gasteiger partial charge in [0, 0.05) is 29.9 Å². The lowest BCUT2D eigenvalue weighted by molar-refractivity contribution is 0.914. The molecule has 1 aliphatic rings. The first-order valence-corrected chi connectivity index (χ1v) is 11.0. The maximum atomic E-state index is 4.75. The summed E-state index contributed by atoms with van der Waals surface area (Å²) in [5, 5.41) is 11.7. The highest BCUT2D eigenvalue weighted by Crippen LogP contribution is 2.34. The van der Waals surface area contributed by atoms with Crippen LogP contribution in [-0.4, -0.2) is 23.8 Å². The summed E-state index contributed by atoms with van der Waals surface area (Å²) in [5.41, 5.74) is 6.97. The van der Waals surface area contributed by atoms with Crippen LogP contribution in [0.3, 0.4) is 0 Å². The largest absolute Gasteiger partial charge is 0.353 e. The second kappa shape index (κ2) is 10.2. The zero-order valence-electron chi connectivity index (χ0n) is 19.4. The number of anilines is 1. The van der Waals surface area contributed by atoms with E-state index in [0.717, 1.165) is 52.8 Å². The molecular weight excluding hydrogens is 378 g/mol. The van der Waals surface area contributed by atoms with Crippen LogP contribution in [0.25, 0.3) is 16.3 Å². The van der Waals surface area contributed by atoms with E-state index in [1.54, 1.807) is 0 Å². The first-order chi connectivity index (χ1) is 15.0. The van der Waals surface area contributed by atoms with E-state index in [-0.39, 0.29) is 0 Å². The van der Waals surface area contributed by atoms with Crippen LogP contribution in [-0.2, 0) is 0 Å². The van der Waals surface area contributed by atoms with Crippen LogP contribution < -0.4 is 4.90 Å². The van der Waals surface area contributed by atoms with Crippen molar-refractivity contribution in [2.75, 3.05) is 18.5 Å². The van der Waals surface area contributed by atoms with Crippen molar-refractivity contribution in [3.05, 3.63) is 95.3 Å². The lowest BCUT2D eigenvalue weighted by Gasteiger charge is -2.23. The summed E-state index contributed by atoms with van der Waals surface area (Å²) in [7, 11) is 2.09. The van der Waals surface area contributed by atoms with Crippen LogP contribution in [0.4, 0.5) is 5.82 Å². The zero-order chi connectivity index (χ0) is 22.4. The monoisotopic (exact) mass is 411 g/mol. The molecule has 0 unspecified atom stereocenters. The molecule has 0 aliphatic heterocycles. The predicted molar refractivity (Wildman–Crippen MR) is 135 cm³/mol. The molecule has 0 amide bonds. The number of rotatable bonds is 7. The number of nitrogens with zero attached hydrogens (tertiary/aromatic N) is 3. The van der Waals surface area contributed by atoms with E-state index in [1.807, 2.05) is 6.08 Å². The van der Waals surface area contributed by atoms with Crippen molar-refractivity contribution in [2.45, 2.75) is 40.5 Å². The molecule has 2 aromatic rings. The fraction of sp³-hybridized carbons (Fsp3) is 0.286. The molecule has 1 aromatic carbocycles. The van der Waals surface area contributed by atoms with Gasteiger partial charge >= 0.3 is 0 Å². The van der Waals surface area contributed by atoms with Crippen LogP contribution >= 0.6 is 0 Å². The van der Waals surface area contributed by atoms with Crippen LogP contribution in [0, 0.1) is 0 Å². The van der Waals surface area contributed by atoms with E-state index >= 15 is 0 Å². The highest BCUT2D eigenvalue weighted by Gasteiger charge is 2.18. The molecular formula is C28H33N3. The summed E-state index contributed by atoms with van der Waals surface area (Å²) in [6, 6.07) is 8.43. The first kappa shape index (κ1) is 22.5. The van der Waals surface area contributed by atoms with Crippen molar-refractivity contribution < 1.29 is 0 Å². The molecule has 0 saturated carbocycles. The molecule has 0 spiro atoms. The minimum atomic E-state index is 0.786.